The van der Waals surface area contributed by atoms with Crippen molar-refractivity contribution >= 4 is 17.4 Å². The zero-order chi connectivity index (χ0) is 15.9. The highest BCUT2D eigenvalue weighted by Crippen LogP contribution is 2.36. The number of nitrogen functional groups attached to an aromatic ring is 1. The summed E-state index contributed by atoms with van der Waals surface area (Å²) in [5.41, 5.74) is 5.84. The predicted molar refractivity (Wildman–Crippen MR) is 72.2 cm³/mol. The molecule has 0 atom stereocenters. The molecule has 0 aliphatic rings. The highest BCUT2D eigenvalue weighted by atomic mass is 35.5. The second-order valence-electron chi connectivity index (χ2n) is 4.47. The summed E-state index contributed by atoms with van der Waals surface area (Å²) in [6.45, 7) is 3.41. The van der Waals surface area contributed by atoms with Gasteiger partial charge in [0.25, 0.3) is 0 Å². The Kier molecular flexibility index (Phi) is 3.59. The standard InChI is InChI=1S/C13H10ClF3N4/c1-6-7(2)21(20-12(6)19)11-8(5-18)3-9(4-10(11)14)13(15,16)17/h3-4H,1-2H3,(H2,19,20). The van der Waals surface area contributed by atoms with E-state index in [9.17, 15) is 13.2 Å². The van der Waals surface area contributed by atoms with Crippen LogP contribution in [-0.4, -0.2) is 9.78 Å². The Balaban J connectivity index is 2.76. The molecule has 4 nitrogen and oxygen atoms in total. The van der Waals surface area contributed by atoms with E-state index < -0.39 is 11.7 Å². The minimum Gasteiger partial charge on any atom is -0.382 e. The zero-order valence-electron chi connectivity index (χ0n) is 11.1. The lowest BCUT2D eigenvalue weighted by Gasteiger charge is -2.13. The van der Waals surface area contributed by atoms with Crippen molar-refractivity contribution in [3.63, 3.8) is 0 Å². The Morgan fingerprint density at radius 1 is 1.33 bits per heavy atom. The van der Waals surface area contributed by atoms with E-state index >= 15 is 0 Å². The molecule has 0 bridgehead atoms. The maximum absolute atomic E-state index is 12.8. The van der Waals surface area contributed by atoms with Crippen LogP contribution >= 0.6 is 11.6 Å². The first-order chi connectivity index (χ1) is 9.66. The Labute approximate surface area is 123 Å². The Hall–Kier alpha value is -2.20. The molecule has 1 heterocycles. The van der Waals surface area contributed by atoms with Gasteiger partial charge in [0.1, 0.15) is 17.6 Å². The Morgan fingerprint density at radius 3 is 2.38 bits per heavy atom. The number of benzene rings is 1. The molecule has 21 heavy (non-hydrogen) atoms. The molecule has 110 valence electrons. The number of anilines is 1. The van der Waals surface area contributed by atoms with Gasteiger partial charge in [-0.25, -0.2) is 4.68 Å². The molecular weight excluding hydrogens is 305 g/mol. The first-order valence-corrected chi connectivity index (χ1v) is 6.17. The van der Waals surface area contributed by atoms with Crippen LogP contribution in [0.2, 0.25) is 5.02 Å². The van der Waals surface area contributed by atoms with Crippen LogP contribution in [-0.2, 0) is 6.18 Å². The van der Waals surface area contributed by atoms with E-state index in [1.54, 1.807) is 19.9 Å². The molecule has 8 heteroatoms. The summed E-state index contributed by atoms with van der Waals surface area (Å²) in [4.78, 5) is 0. The molecule has 1 aromatic carbocycles. The second kappa shape index (κ2) is 4.97. The molecule has 1 aromatic heterocycles. The number of nitrogens with zero attached hydrogens (tertiary/aromatic N) is 3. The second-order valence-corrected chi connectivity index (χ2v) is 4.88. The number of nitrogens with two attached hydrogens (primary N) is 1. The lowest BCUT2D eigenvalue weighted by atomic mass is 10.1. The van der Waals surface area contributed by atoms with Gasteiger partial charge in [-0.1, -0.05) is 11.6 Å². The van der Waals surface area contributed by atoms with Crippen molar-refractivity contribution in [2.45, 2.75) is 20.0 Å². The SMILES string of the molecule is Cc1c(N)nn(-c2c(Cl)cc(C(F)(F)F)cc2C#N)c1C. The molecule has 0 amide bonds. The lowest BCUT2D eigenvalue weighted by molar-refractivity contribution is -0.137. The van der Waals surface area contributed by atoms with Crippen LogP contribution in [0.25, 0.3) is 5.69 Å². The average Bonchev–Trinajstić information content (AvgIpc) is 2.64. The van der Waals surface area contributed by atoms with Gasteiger partial charge in [-0.2, -0.15) is 23.5 Å². The van der Waals surface area contributed by atoms with E-state index in [4.69, 9.17) is 22.6 Å². The van der Waals surface area contributed by atoms with Crippen molar-refractivity contribution in [3.05, 3.63) is 39.5 Å². The zero-order valence-corrected chi connectivity index (χ0v) is 11.8. The van der Waals surface area contributed by atoms with Crippen molar-refractivity contribution in [2.75, 3.05) is 5.73 Å². The molecule has 0 unspecified atom stereocenters. The van der Waals surface area contributed by atoms with Crippen LogP contribution in [0.1, 0.15) is 22.4 Å². The molecule has 0 spiro atoms. The largest absolute Gasteiger partial charge is 0.416 e. The topological polar surface area (TPSA) is 67.6 Å². The first kappa shape index (κ1) is 15.2. The molecule has 2 N–H and O–H groups in total. The number of halogens is 4. The van der Waals surface area contributed by atoms with E-state index in [2.05, 4.69) is 5.10 Å². The fraction of sp³-hybridized carbons (Fsp3) is 0.231. The quantitative estimate of drug-likeness (QED) is 0.874. The summed E-state index contributed by atoms with van der Waals surface area (Å²) < 4.78 is 39.5. The molecule has 0 aliphatic heterocycles. The van der Waals surface area contributed by atoms with E-state index in [0.717, 1.165) is 12.1 Å². The average molecular weight is 315 g/mol. The summed E-state index contributed by atoms with van der Waals surface area (Å²) in [5.74, 6) is 0.229. The monoisotopic (exact) mass is 314 g/mol. The number of hydrogen-bond donors (Lipinski definition) is 1. The van der Waals surface area contributed by atoms with Crippen molar-refractivity contribution in [2.24, 2.45) is 0 Å². The van der Waals surface area contributed by atoms with Crippen LogP contribution in [0.3, 0.4) is 0 Å². The fourth-order valence-corrected chi connectivity index (χ4v) is 2.18. The van der Waals surface area contributed by atoms with Crippen LogP contribution < -0.4 is 5.73 Å². The number of aromatic nitrogens is 2. The van der Waals surface area contributed by atoms with Crippen molar-refractivity contribution in [1.82, 2.24) is 9.78 Å². The van der Waals surface area contributed by atoms with Gasteiger partial charge in [0, 0.05) is 11.3 Å². The van der Waals surface area contributed by atoms with Crippen LogP contribution in [0.15, 0.2) is 12.1 Å². The minimum absolute atomic E-state index is 0.0875. The highest BCUT2D eigenvalue weighted by molar-refractivity contribution is 6.32. The summed E-state index contributed by atoms with van der Waals surface area (Å²) in [6.07, 6.45) is -4.58. The van der Waals surface area contributed by atoms with E-state index in [0.29, 0.717) is 11.3 Å². The van der Waals surface area contributed by atoms with E-state index in [1.165, 1.54) is 4.68 Å². The summed E-state index contributed by atoms with van der Waals surface area (Å²) >= 11 is 5.93. The summed E-state index contributed by atoms with van der Waals surface area (Å²) in [5, 5.41) is 12.9. The maximum atomic E-state index is 12.8. The molecule has 0 fully saturated rings. The van der Waals surface area contributed by atoms with Gasteiger partial charge in [0.05, 0.1) is 16.1 Å². The summed E-state index contributed by atoms with van der Waals surface area (Å²) in [6, 6.07) is 3.23. The number of hydrogen-bond acceptors (Lipinski definition) is 3. The molecule has 0 saturated heterocycles. The van der Waals surface area contributed by atoms with Gasteiger partial charge >= 0.3 is 6.18 Å². The molecule has 0 aliphatic carbocycles. The molecule has 0 radical (unpaired) electrons. The van der Waals surface area contributed by atoms with Crippen LogP contribution in [0, 0.1) is 25.2 Å². The molecular formula is C13H10ClF3N4. The third-order valence-corrected chi connectivity index (χ3v) is 3.46. The van der Waals surface area contributed by atoms with Crippen molar-refractivity contribution in [1.29, 1.82) is 5.26 Å². The fourth-order valence-electron chi connectivity index (χ4n) is 1.88. The number of rotatable bonds is 1. The Bertz CT molecular complexity index is 756. The number of nitriles is 1. The third-order valence-electron chi connectivity index (χ3n) is 3.18. The van der Waals surface area contributed by atoms with E-state index in [-0.39, 0.29) is 22.1 Å². The van der Waals surface area contributed by atoms with Gasteiger partial charge in [0.15, 0.2) is 0 Å². The highest BCUT2D eigenvalue weighted by Gasteiger charge is 2.32. The van der Waals surface area contributed by atoms with Crippen LogP contribution in [0.5, 0.6) is 0 Å². The van der Waals surface area contributed by atoms with Crippen molar-refractivity contribution in [3.8, 4) is 11.8 Å². The molecule has 2 rings (SSSR count). The third kappa shape index (κ3) is 2.54. The summed E-state index contributed by atoms with van der Waals surface area (Å²) in [7, 11) is 0. The lowest BCUT2D eigenvalue weighted by Crippen LogP contribution is -2.09. The van der Waals surface area contributed by atoms with Gasteiger partial charge in [-0.3, -0.25) is 0 Å². The predicted octanol–water partition coefficient (Wildman–Crippen LogP) is 3.62. The maximum Gasteiger partial charge on any atom is 0.416 e. The smallest absolute Gasteiger partial charge is 0.382 e. The van der Waals surface area contributed by atoms with Gasteiger partial charge in [-0.05, 0) is 26.0 Å². The molecule has 0 saturated carbocycles. The molecule has 2 aromatic rings. The van der Waals surface area contributed by atoms with Crippen LogP contribution in [0.4, 0.5) is 19.0 Å². The number of alkyl halides is 3. The Morgan fingerprint density at radius 2 is 1.95 bits per heavy atom. The van der Waals surface area contributed by atoms with Gasteiger partial charge in [0.2, 0.25) is 0 Å². The normalized spacial score (nSPS) is 11.5. The van der Waals surface area contributed by atoms with Gasteiger partial charge in [-0.15, -0.1) is 0 Å². The van der Waals surface area contributed by atoms with E-state index in [1.807, 2.05) is 0 Å². The first-order valence-electron chi connectivity index (χ1n) is 5.79. The minimum atomic E-state index is -4.58. The van der Waals surface area contributed by atoms with Crippen molar-refractivity contribution < 1.29 is 13.2 Å². The van der Waals surface area contributed by atoms with Gasteiger partial charge < -0.3 is 5.73 Å².